The molecule has 0 aliphatic rings. The van der Waals surface area contributed by atoms with Crippen LogP contribution in [0.25, 0.3) is 0 Å². The molecule has 19 heavy (non-hydrogen) atoms. The highest BCUT2D eigenvalue weighted by molar-refractivity contribution is 5.30. The molecule has 4 heteroatoms. The number of hydrogen-bond donors (Lipinski definition) is 1. The standard InChI is InChI=1S/C15H20FN3/c1-4-8-17-15(14-7-9-19(3)18-14)12-6-5-11(2)13(16)10-12/h5-7,9-10,15,17H,4,8H2,1-3H3. The quantitative estimate of drug-likeness (QED) is 0.896. The maximum atomic E-state index is 13.7. The Morgan fingerprint density at radius 2 is 2.16 bits per heavy atom. The van der Waals surface area contributed by atoms with E-state index in [-0.39, 0.29) is 11.9 Å². The number of halogens is 1. The minimum Gasteiger partial charge on any atom is -0.305 e. The summed E-state index contributed by atoms with van der Waals surface area (Å²) in [6.07, 6.45) is 2.93. The predicted molar refractivity (Wildman–Crippen MR) is 74.5 cm³/mol. The lowest BCUT2D eigenvalue weighted by Gasteiger charge is -2.17. The average Bonchev–Trinajstić information content (AvgIpc) is 2.80. The summed E-state index contributed by atoms with van der Waals surface area (Å²) < 4.78 is 15.5. The Kier molecular flexibility index (Phi) is 4.32. The molecule has 0 bridgehead atoms. The van der Waals surface area contributed by atoms with Crippen LogP contribution in [0.15, 0.2) is 30.5 Å². The summed E-state index contributed by atoms with van der Waals surface area (Å²) >= 11 is 0. The molecule has 1 N–H and O–H groups in total. The molecule has 3 nitrogen and oxygen atoms in total. The SMILES string of the molecule is CCCNC(c1ccc(C)c(F)c1)c1ccn(C)n1. The van der Waals surface area contributed by atoms with Crippen molar-refractivity contribution in [2.45, 2.75) is 26.3 Å². The van der Waals surface area contributed by atoms with E-state index in [0.29, 0.717) is 5.56 Å². The van der Waals surface area contributed by atoms with Crippen LogP contribution in [0.3, 0.4) is 0 Å². The van der Waals surface area contributed by atoms with Crippen LogP contribution in [0.4, 0.5) is 4.39 Å². The summed E-state index contributed by atoms with van der Waals surface area (Å²) in [5.74, 6) is -0.170. The fourth-order valence-corrected chi connectivity index (χ4v) is 2.06. The van der Waals surface area contributed by atoms with Gasteiger partial charge in [0.2, 0.25) is 0 Å². The Hall–Kier alpha value is -1.68. The number of hydrogen-bond acceptors (Lipinski definition) is 2. The predicted octanol–water partition coefficient (Wildman–Crippen LogP) is 2.96. The van der Waals surface area contributed by atoms with Crippen LogP contribution in [0.2, 0.25) is 0 Å². The lowest BCUT2D eigenvalue weighted by atomic mass is 10.0. The van der Waals surface area contributed by atoms with Gasteiger partial charge in [0.05, 0.1) is 11.7 Å². The summed E-state index contributed by atoms with van der Waals surface area (Å²) in [6.45, 7) is 4.75. The molecule has 0 saturated heterocycles. The van der Waals surface area contributed by atoms with Gasteiger partial charge in [-0.05, 0) is 43.1 Å². The molecular formula is C15H20FN3. The largest absolute Gasteiger partial charge is 0.305 e. The number of aromatic nitrogens is 2. The van der Waals surface area contributed by atoms with Crippen LogP contribution in [-0.4, -0.2) is 16.3 Å². The summed E-state index contributed by atoms with van der Waals surface area (Å²) in [4.78, 5) is 0. The molecule has 0 aliphatic heterocycles. The third-order valence-electron chi connectivity index (χ3n) is 3.16. The monoisotopic (exact) mass is 261 g/mol. The van der Waals surface area contributed by atoms with Crippen molar-refractivity contribution in [2.24, 2.45) is 7.05 Å². The van der Waals surface area contributed by atoms with Crippen molar-refractivity contribution in [3.63, 3.8) is 0 Å². The first-order chi connectivity index (χ1) is 9.11. The maximum Gasteiger partial charge on any atom is 0.126 e. The first-order valence-corrected chi connectivity index (χ1v) is 6.60. The van der Waals surface area contributed by atoms with Gasteiger partial charge in [-0.25, -0.2) is 4.39 Å². The molecule has 0 aliphatic carbocycles. The Morgan fingerprint density at radius 3 is 2.74 bits per heavy atom. The number of nitrogens with one attached hydrogen (secondary N) is 1. The molecule has 2 rings (SSSR count). The number of nitrogens with zero attached hydrogens (tertiary/aromatic N) is 2. The highest BCUT2D eigenvalue weighted by Gasteiger charge is 2.16. The third kappa shape index (κ3) is 3.20. The Balaban J connectivity index is 2.33. The maximum absolute atomic E-state index is 13.7. The molecule has 1 unspecified atom stereocenters. The zero-order valence-corrected chi connectivity index (χ0v) is 11.7. The highest BCUT2D eigenvalue weighted by atomic mass is 19.1. The fourth-order valence-electron chi connectivity index (χ4n) is 2.06. The summed E-state index contributed by atoms with van der Waals surface area (Å²) in [5.41, 5.74) is 2.49. The molecule has 0 radical (unpaired) electrons. The summed E-state index contributed by atoms with van der Waals surface area (Å²) in [7, 11) is 1.89. The minimum atomic E-state index is -0.170. The fraction of sp³-hybridized carbons (Fsp3) is 0.400. The van der Waals surface area contributed by atoms with E-state index in [0.717, 1.165) is 24.2 Å². The molecule has 0 fully saturated rings. The van der Waals surface area contributed by atoms with E-state index >= 15 is 0 Å². The van der Waals surface area contributed by atoms with E-state index in [1.54, 1.807) is 17.7 Å². The second kappa shape index (κ2) is 5.97. The zero-order valence-electron chi connectivity index (χ0n) is 11.7. The molecule has 0 amide bonds. The molecule has 1 aromatic carbocycles. The molecule has 1 atom stereocenters. The molecule has 102 valence electrons. The zero-order chi connectivity index (χ0) is 13.8. The molecule has 1 aromatic heterocycles. The van der Waals surface area contributed by atoms with Gasteiger partial charge in [0.15, 0.2) is 0 Å². The van der Waals surface area contributed by atoms with Gasteiger partial charge in [0.1, 0.15) is 5.82 Å². The van der Waals surface area contributed by atoms with Gasteiger partial charge in [-0.3, -0.25) is 4.68 Å². The van der Waals surface area contributed by atoms with Crippen molar-refractivity contribution < 1.29 is 4.39 Å². The van der Waals surface area contributed by atoms with Crippen molar-refractivity contribution in [2.75, 3.05) is 6.54 Å². The van der Waals surface area contributed by atoms with E-state index in [9.17, 15) is 4.39 Å². The van der Waals surface area contributed by atoms with Gasteiger partial charge in [-0.1, -0.05) is 19.1 Å². The lowest BCUT2D eigenvalue weighted by Crippen LogP contribution is -2.24. The average molecular weight is 261 g/mol. The van der Waals surface area contributed by atoms with Crippen molar-refractivity contribution >= 4 is 0 Å². The van der Waals surface area contributed by atoms with Crippen molar-refractivity contribution in [3.05, 3.63) is 53.1 Å². The van der Waals surface area contributed by atoms with Gasteiger partial charge < -0.3 is 5.32 Å². The van der Waals surface area contributed by atoms with Crippen LogP contribution < -0.4 is 5.32 Å². The Labute approximate surface area is 113 Å². The van der Waals surface area contributed by atoms with Gasteiger partial charge >= 0.3 is 0 Å². The normalized spacial score (nSPS) is 12.6. The van der Waals surface area contributed by atoms with E-state index < -0.39 is 0 Å². The Bertz CT molecular complexity index is 548. The van der Waals surface area contributed by atoms with Crippen molar-refractivity contribution in [3.8, 4) is 0 Å². The second-order valence-corrected chi connectivity index (χ2v) is 4.81. The van der Waals surface area contributed by atoms with Crippen molar-refractivity contribution in [1.29, 1.82) is 0 Å². The second-order valence-electron chi connectivity index (χ2n) is 4.81. The molecule has 0 spiro atoms. The van der Waals surface area contributed by atoms with Gasteiger partial charge in [0, 0.05) is 13.2 Å². The summed E-state index contributed by atoms with van der Waals surface area (Å²) in [5, 5.41) is 7.84. The van der Waals surface area contributed by atoms with Gasteiger partial charge in [-0.2, -0.15) is 5.10 Å². The van der Waals surface area contributed by atoms with Crippen LogP contribution in [0.1, 0.15) is 36.2 Å². The van der Waals surface area contributed by atoms with E-state index in [2.05, 4.69) is 17.3 Å². The number of rotatable bonds is 5. The van der Waals surface area contributed by atoms with Crippen LogP contribution in [0, 0.1) is 12.7 Å². The van der Waals surface area contributed by atoms with Gasteiger partial charge in [0.25, 0.3) is 0 Å². The number of aryl methyl sites for hydroxylation is 2. The topological polar surface area (TPSA) is 29.9 Å². The van der Waals surface area contributed by atoms with Crippen molar-refractivity contribution in [1.82, 2.24) is 15.1 Å². The third-order valence-corrected chi connectivity index (χ3v) is 3.16. The van der Waals surface area contributed by atoms with E-state index in [4.69, 9.17) is 0 Å². The molecular weight excluding hydrogens is 241 g/mol. The molecule has 1 heterocycles. The smallest absolute Gasteiger partial charge is 0.126 e. The molecule has 2 aromatic rings. The molecule has 0 saturated carbocycles. The van der Waals surface area contributed by atoms with Crippen LogP contribution in [-0.2, 0) is 7.05 Å². The first kappa shape index (κ1) is 13.7. The Morgan fingerprint density at radius 1 is 1.37 bits per heavy atom. The van der Waals surface area contributed by atoms with E-state index in [1.165, 1.54) is 0 Å². The minimum absolute atomic E-state index is 0.0590. The number of benzene rings is 1. The highest BCUT2D eigenvalue weighted by Crippen LogP contribution is 2.22. The summed E-state index contributed by atoms with van der Waals surface area (Å²) in [6, 6.07) is 7.27. The first-order valence-electron chi connectivity index (χ1n) is 6.60. The van der Waals surface area contributed by atoms with Crippen LogP contribution in [0.5, 0.6) is 0 Å². The van der Waals surface area contributed by atoms with Crippen LogP contribution >= 0.6 is 0 Å². The van der Waals surface area contributed by atoms with Gasteiger partial charge in [-0.15, -0.1) is 0 Å². The van der Waals surface area contributed by atoms with E-state index in [1.807, 2.05) is 31.4 Å². The lowest BCUT2D eigenvalue weighted by molar-refractivity contribution is 0.565.